The van der Waals surface area contributed by atoms with Crippen molar-refractivity contribution in [3.63, 3.8) is 0 Å². The summed E-state index contributed by atoms with van der Waals surface area (Å²) in [4.78, 5) is 23.6. The molecule has 9 nitrogen and oxygen atoms in total. The van der Waals surface area contributed by atoms with E-state index in [0.29, 0.717) is 16.5 Å². The monoisotopic (exact) mass is 507 g/mol. The molecular weight excluding hydrogens is 491 g/mol. The first-order valence-electron chi connectivity index (χ1n) is 9.80. The molecule has 0 unspecified atom stereocenters. The molecule has 0 spiro atoms. The van der Waals surface area contributed by atoms with E-state index < -0.39 is 37.7 Å². The molecule has 1 aliphatic heterocycles. The Balaban J connectivity index is 1.70. The van der Waals surface area contributed by atoms with Gasteiger partial charge in [0.25, 0.3) is 15.7 Å². The van der Waals surface area contributed by atoms with Gasteiger partial charge in [-0.15, -0.1) is 0 Å². The first-order chi connectivity index (χ1) is 16.4. The number of amides is 3. The molecule has 0 bridgehead atoms. The van der Waals surface area contributed by atoms with Gasteiger partial charge in [0.1, 0.15) is 5.75 Å². The zero-order chi connectivity index (χ0) is 25.6. The van der Waals surface area contributed by atoms with Crippen LogP contribution < -0.4 is 15.4 Å². The van der Waals surface area contributed by atoms with Crippen LogP contribution in [0.1, 0.15) is 5.56 Å². The summed E-state index contributed by atoms with van der Waals surface area (Å²) in [6.45, 7) is -0.305. The van der Waals surface area contributed by atoms with Crippen molar-refractivity contribution in [3.8, 4) is 23.5 Å². The topological polar surface area (TPSA) is 127 Å². The second-order valence-corrected chi connectivity index (χ2v) is 9.51. The Morgan fingerprint density at radius 1 is 1.14 bits per heavy atom. The van der Waals surface area contributed by atoms with Crippen molar-refractivity contribution in [2.75, 3.05) is 7.11 Å². The van der Waals surface area contributed by atoms with Crippen LogP contribution in [-0.4, -0.2) is 48.2 Å². The molecule has 1 atom stereocenters. The Labute approximate surface area is 196 Å². The number of fused-ring (bicyclic) bond motifs is 1. The minimum atomic E-state index is -5.52. The average Bonchev–Trinajstić information content (AvgIpc) is 3.26. The molecule has 1 saturated heterocycles. The Morgan fingerprint density at radius 3 is 2.40 bits per heavy atom. The summed E-state index contributed by atoms with van der Waals surface area (Å²) in [5, 5.41) is 16.2. The number of hydrogen-bond donors (Lipinski definition) is 3. The van der Waals surface area contributed by atoms with E-state index >= 15 is 0 Å². The average molecular weight is 507 g/mol. The van der Waals surface area contributed by atoms with Gasteiger partial charge in [-0.2, -0.15) is 13.2 Å². The third-order valence-corrected chi connectivity index (χ3v) is 6.81. The summed E-state index contributed by atoms with van der Waals surface area (Å²) in [5.41, 5.74) is -7.20. The highest BCUT2D eigenvalue weighted by atomic mass is 32.2. The number of methoxy groups -OCH3 is 1. The normalized spacial score (nSPS) is 18.1. The highest BCUT2D eigenvalue weighted by molar-refractivity contribution is 7.92. The number of imide groups is 1. The summed E-state index contributed by atoms with van der Waals surface area (Å²) < 4.78 is 67.7. The van der Waals surface area contributed by atoms with E-state index in [1.807, 2.05) is 0 Å². The maximum atomic E-state index is 12.7. The number of urea groups is 1. The van der Waals surface area contributed by atoms with Crippen molar-refractivity contribution in [2.24, 2.45) is 0 Å². The molecule has 0 aliphatic carbocycles. The molecule has 1 fully saturated rings. The fourth-order valence-corrected chi connectivity index (χ4v) is 4.25. The van der Waals surface area contributed by atoms with Crippen LogP contribution in [0.5, 0.6) is 11.6 Å². The summed E-state index contributed by atoms with van der Waals surface area (Å²) in [6, 6.07) is 7.69. The number of benzene rings is 2. The number of carbonyl (C=O) groups is 2. The van der Waals surface area contributed by atoms with Gasteiger partial charge in [0.2, 0.25) is 5.54 Å². The molecule has 0 saturated carbocycles. The number of aromatic nitrogens is 1. The van der Waals surface area contributed by atoms with Gasteiger partial charge in [-0.1, -0.05) is 11.8 Å². The zero-order valence-corrected chi connectivity index (χ0v) is 18.6. The molecule has 3 amide bonds. The second kappa shape index (κ2) is 8.24. The lowest BCUT2D eigenvalue weighted by Gasteiger charge is -2.20. The predicted molar refractivity (Wildman–Crippen MR) is 116 cm³/mol. The SMILES string of the molecule is COc1ccc2cn(C[C@@]3(C#Cc4ccc(S(=O)(=O)C(F)(F)F)cc4)NC(=O)NC3=O)c(O)c2c1. The molecular formula is C22H16F3N3O6S. The molecule has 1 aromatic heterocycles. The van der Waals surface area contributed by atoms with E-state index in [4.69, 9.17) is 4.74 Å². The number of hydrogen-bond acceptors (Lipinski definition) is 6. The van der Waals surface area contributed by atoms with Crippen LogP contribution in [0.2, 0.25) is 0 Å². The number of nitrogens with one attached hydrogen (secondary N) is 2. The van der Waals surface area contributed by atoms with Crippen molar-refractivity contribution in [3.05, 3.63) is 54.2 Å². The highest BCUT2D eigenvalue weighted by Crippen LogP contribution is 2.32. The van der Waals surface area contributed by atoms with E-state index in [1.165, 1.54) is 11.7 Å². The van der Waals surface area contributed by atoms with E-state index in [2.05, 4.69) is 22.5 Å². The number of ether oxygens (including phenoxy) is 1. The number of alkyl halides is 3. The Morgan fingerprint density at radius 2 is 1.83 bits per heavy atom. The molecule has 4 rings (SSSR count). The Hall–Kier alpha value is -4.18. The number of sulfone groups is 1. The maximum absolute atomic E-state index is 12.7. The smallest absolute Gasteiger partial charge is 0.497 e. The summed E-state index contributed by atoms with van der Waals surface area (Å²) in [5.74, 6) is 4.64. The second-order valence-electron chi connectivity index (χ2n) is 7.57. The minimum Gasteiger partial charge on any atom is -0.497 e. The summed E-state index contributed by atoms with van der Waals surface area (Å²) >= 11 is 0. The molecule has 2 heterocycles. The Kier molecular flexibility index (Phi) is 5.64. The number of halogens is 3. The molecule has 3 N–H and O–H groups in total. The minimum absolute atomic E-state index is 0.0890. The number of nitrogens with zero attached hydrogens (tertiary/aromatic N) is 1. The van der Waals surface area contributed by atoms with Crippen molar-refractivity contribution in [1.82, 2.24) is 15.2 Å². The largest absolute Gasteiger partial charge is 0.501 e. The van der Waals surface area contributed by atoms with Crippen LogP contribution in [0, 0.1) is 11.8 Å². The van der Waals surface area contributed by atoms with Crippen molar-refractivity contribution in [1.29, 1.82) is 0 Å². The number of rotatable bonds is 4. The number of aromatic hydroxyl groups is 1. The lowest BCUT2D eigenvalue weighted by molar-refractivity contribution is -0.122. The van der Waals surface area contributed by atoms with E-state index in [-0.39, 0.29) is 18.0 Å². The quantitative estimate of drug-likeness (QED) is 0.368. The fourth-order valence-electron chi connectivity index (χ4n) is 3.49. The van der Waals surface area contributed by atoms with Gasteiger partial charge in [0.05, 0.1) is 18.6 Å². The standard InChI is InChI=1S/C22H16F3N3O6S/c1-34-15-5-4-14-11-28(18(29)17(14)10-15)12-21(19(30)26-20(31)27-21)9-8-13-2-6-16(7-3-13)35(32,33)22(23,24)25/h2-7,10-11,29H,12H2,1H3,(H2,26,27,30,31)/t21-/m1/s1. The van der Waals surface area contributed by atoms with Crippen LogP contribution in [0.3, 0.4) is 0 Å². The van der Waals surface area contributed by atoms with E-state index in [9.17, 15) is 36.3 Å². The summed E-state index contributed by atoms with van der Waals surface area (Å²) in [6.07, 6.45) is 1.54. The number of carbonyl (C=O) groups excluding carboxylic acids is 2. The van der Waals surface area contributed by atoms with E-state index in [0.717, 1.165) is 24.3 Å². The van der Waals surface area contributed by atoms with Gasteiger partial charge in [0.15, 0.2) is 5.88 Å². The van der Waals surface area contributed by atoms with Crippen LogP contribution in [-0.2, 0) is 21.2 Å². The van der Waals surface area contributed by atoms with Gasteiger partial charge >= 0.3 is 11.5 Å². The van der Waals surface area contributed by atoms with Crippen LogP contribution in [0.15, 0.2) is 53.6 Å². The highest BCUT2D eigenvalue weighted by Gasteiger charge is 2.47. The Bertz CT molecular complexity index is 1520. The van der Waals surface area contributed by atoms with E-state index in [1.54, 1.807) is 24.4 Å². The predicted octanol–water partition coefficient (Wildman–Crippen LogP) is 2.28. The summed E-state index contributed by atoms with van der Waals surface area (Å²) in [7, 11) is -4.06. The van der Waals surface area contributed by atoms with Crippen molar-refractivity contribution in [2.45, 2.75) is 22.5 Å². The third kappa shape index (κ3) is 4.24. The first-order valence-corrected chi connectivity index (χ1v) is 11.3. The molecule has 1 aliphatic rings. The lowest BCUT2D eigenvalue weighted by Crippen LogP contribution is -2.49. The maximum Gasteiger partial charge on any atom is 0.501 e. The molecule has 35 heavy (non-hydrogen) atoms. The first kappa shape index (κ1) is 24.0. The van der Waals surface area contributed by atoms with Crippen molar-refractivity contribution >= 4 is 32.5 Å². The molecule has 0 radical (unpaired) electrons. The molecule has 13 heteroatoms. The third-order valence-electron chi connectivity index (χ3n) is 5.31. The van der Waals surface area contributed by atoms with Crippen LogP contribution in [0.25, 0.3) is 10.8 Å². The van der Waals surface area contributed by atoms with Gasteiger partial charge < -0.3 is 19.7 Å². The lowest BCUT2D eigenvalue weighted by atomic mass is 10.00. The zero-order valence-electron chi connectivity index (χ0n) is 17.8. The van der Waals surface area contributed by atoms with Gasteiger partial charge in [-0.05, 0) is 42.5 Å². The van der Waals surface area contributed by atoms with Crippen LogP contribution in [0.4, 0.5) is 18.0 Å². The van der Waals surface area contributed by atoms with Crippen molar-refractivity contribution < 1.29 is 41.0 Å². The van der Waals surface area contributed by atoms with Gasteiger partial charge in [-0.3, -0.25) is 10.1 Å². The van der Waals surface area contributed by atoms with Gasteiger partial charge in [-0.25, -0.2) is 13.2 Å². The molecule has 3 aromatic rings. The van der Waals surface area contributed by atoms with Gasteiger partial charge in [0, 0.05) is 22.5 Å². The molecule has 2 aromatic carbocycles. The fraction of sp³-hybridized carbons (Fsp3) is 0.182. The van der Waals surface area contributed by atoms with Crippen LogP contribution >= 0.6 is 0 Å². The molecule has 182 valence electrons.